The van der Waals surface area contributed by atoms with Crippen LogP contribution in [0.2, 0.25) is 0 Å². The molecule has 3 N–H and O–H groups in total. The summed E-state index contributed by atoms with van der Waals surface area (Å²) in [5.74, 6) is -2.30. The molecule has 0 aromatic rings. The van der Waals surface area contributed by atoms with Crippen LogP contribution in [0.5, 0.6) is 0 Å². The predicted octanol–water partition coefficient (Wildman–Crippen LogP) is 0.837. The lowest BCUT2D eigenvalue weighted by Crippen LogP contribution is -2.30. The smallest absolute Gasteiger partial charge is 0.337 e. The first-order chi connectivity index (χ1) is 7.90. The third-order valence-corrected chi connectivity index (χ3v) is 2.29. The summed E-state index contributed by atoms with van der Waals surface area (Å²) in [5.41, 5.74) is -1.13. The number of carboxylic acid groups (broad SMARTS) is 1. The van der Waals surface area contributed by atoms with Gasteiger partial charge in [-0.3, -0.25) is 10.2 Å². The van der Waals surface area contributed by atoms with Gasteiger partial charge in [-0.05, 0) is 19.9 Å². The van der Waals surface area contributed by atoms with Crippen LogP contribution in [0.15, 0.2) is 23.0 Å². The molecule has 0 radical (unpaired) electrons. The van der Waals surface area contributed by atoms with Gasteiger partial charge in [-0.1, -0.05) is 0 Å². The van der Waals surface area contributed by atoms with E-state index in [9.17, 15) is 14.7 Å². The van der Waals surface area contributed by atoms with E-state index in [0.29, 0.717) is 0 Å². The summed E-state index contributed by atoms with van der Waals surface area (Å²) in [5, 5.41) is 26.2. The Bertz CT molecular complexity index is 447. The second kappa shape index (κ2) is 4.92. The van der Waals surface area contributed by atoms with Crippen molar-refractivity contribution in [1.29, 1.82) is 5.41 Å². The van der Waals surface area contributed by atoms with E-state index in [1.54, 1.807) is 6.92 Å². The van der Waals surface area contributed by atoms with Crippen LogP contribution in [0, 0.1) is 5.41 Å². The number of nitrogens with one attached hydrogen (secondary N) is 1. The summed E-state index contributed by atoms with van der Waals surface area (Å²) in [4.78, 5) is 22.2. The molecule has 0 saturated carbocycles. The van der Waals surface area contributed by atoms with Gasteiger partial charge in [0.25, 0.3) is 0 Å². The summed E-state index contributed by atoms with van der Waals surface area (Å²) in [6.45, 7) is 3.08. The highest BCUT2D eigenvalue weighted by molar-refractivity contribution is 6.35. The number of ketones is 1. The Labute approximate surface area is 97.7 Å². The first-order valence-electron chi connectivity index (χ1n) is 5.00. The number of rotatable bonds is 4. The monoisotopic (exact) mass is 239 g/mol. The molecule has 0 fully saturated rings. The van der Waals surface area contributed by atoms with E-state index in [1.165, 1.54) is 0 Å². The van der Waals surface area contributed by atoms with Crippen LogP contribution in [0.1, 0.15) is 13.8 Å². The van der Waals surface area contributed by atoms with E-state index in [4.69, 9.17) is 15.3 Å². The minimum atomic E-state index is -1.33. The third-order valence-electron chi connectivity index (χ3n) is 2.29. The van der Waals surface area contributed by atoms with Crippen molar-refractivity contribution in [3.05, 3.63) is 23.0 Å². The molecular weight excluding hydrogens is 226 g/mol. The fraction of sp³-hybridized carbons (Fsp3) is 0.364. The maximum Gasteiger partial charge on any atom is 0.337 e. The lowest BCUT2D eigenvalue weighted by molar-refractivity contribution is -0.132. The number of aliphatic hydroxyl groups is 1. The Kier molecular flexibility index (Phi) is 3.80. The van der Waals surface area contributed by atoms with E-state index in [1.807, 2.05) is 0 Å². The quantitative estimate of drug-likeness (QED) is 0.673. The molecular formula is C11H13NO5. The van der Waals surface area contributed by atoms with Gasteiger partial charge in [-0.25, -0.2) is 4.79 Å². The van der Waals surface area contributed by atoms with Crippen molar-refractivity contribution in [2.45, 2.75) is 20.0 Å². The Morgan fingerprint density at radius 1 is 1.53 bits per heavy atom. The van der Waals surface area contributed by atoms with Gasteiger partial charge < -0.3 is 14.9 Å². The molecule has 17 heavy (non-hydrogen) atoms. The zero-order valence-corrected chi connectivity index (χ0v) is 9.48. The lowest BCUT2D eigenvalue weighted by atomic mass is 9.90. The van der Waals surface area contributed by atoms with Crippen molar-refractivity contribution in [1.82, 2.24) is 0 Å². The summed E-state index contributed by atoms with van der Waals surface area (Å²) in [6.07, 6.45) is 0.134. The molecule has 0 aromatic carbocycles. The van der Waals surface area contributed by atoms with Crippen LogP contribution in [-0.4, -0.2) is 40.4 Å². The number of hydrogen-bond donors (Lipinski definition) is 3. The zero-order chi connectivity index (χ0) is 13.2. The summed E-state index contributed by atoms with van der Waals surface area (Å²) >= 11 is 0. The van der Waals surface area contributed by atoms with E-state index < -0.39 is 29.3 Å². The number of aliphatic carboxylic acids is 1. The van der Waals surface area contributed by atoms with Gasteiger partial charge in [-0.15, -0.1) is 0 Å². The Hall–Kier alpha value is -1.95. The molecule has 1 unspecified atom stereocenters. The van der Waals surface area contributed by atoms with Crippen molar-refractivity contribution >= 4 is 17.5 Å². The molecule has 1 aliphatic carbocycles. The maximum absolute atomic E-state index is 11.3. The van der Waals surface area contributed by atoms with E-state index in [2.05, 4.69) is 0 Å². The standard InChI is InChI=1S/C11H13NO5/c1-3-17-7-4-6(11(15)16)9(12)8(5(2)13)10(7)14/h4,7,12,14H,3H2,1-2H3,(H,15,16). The van der Waals surface area contributed by atoms with Gasteiger partial charge in [0.15, 0.2) is 5.78 Å². The van der Waals surface area contributed by atoms with Crippen LogP contribution in [0.25, 0.3) is 0 Å². The van der Waals surface area contributed by atoms with Crippen molar-refractivity contribution in [2.75, 3.05) is 6.61 Å². The normalized spacial score (nSPS) is 20.2. The van der Waals surface area contributed by atoms with Gasteiger partial charge in [0.2, 0.25) is 0 Å². The number of aliphatic hydroxyl groups excluding tert-OH is 1. The van der Waals surface area contributed by atoms with Gasteiger partial charge in [0.1, 0.15) is 11.9 Å². The Morgan fingerprint density at radius 2 is 2.12 bits per heavy atom. The molecule has 0 aliphatic heterocycles. The summed E-state index contributed by atoms with van der Waals surface area (Å²) in [7, 11) is 0. The highest BCUT2D eigenvalue weighted by atomic mass is 16.5. The Balaban J connectivity index is 3.27. The van der Waals surface area contributed by atoms with Crippen LogP contribution in [0.4, 0.5) is 0 Å². The molecule has 1 rings (SSSR count). The number of carboxylic acids is 1. The van der Waals surface area contributed by atoms with Gasteiger partial charge >= 0.3 is 5.97 Å². The minimum absolute atomic E-state index is 0.247. The molecule has 0 spiro atoms. The number of hydrogen-bond acceptors (Lipinski definition) is 5. The third kappa shape index (κ3) is 2.42. The molecule has 0 aromatic heterocycles. The van der Waals surface area contributed by atoms with Crippen molar-refractivity contribution < 1.29 is 24.5 Å². The SMILES string of the molecule is CCOC1C=C(C(=O)O)C(=N)C(C(C)=O)=C1O. The molecule has 6 nitrogen and oxygen atoms in total. The first kappa shape index (κ1) is 13.1. The molecule has 0 amide bonds. The van der Waals surface area contributed by atoms with Gasteiger partial charge in [0.05, 0.1) is 16.9 Å². The molecule has 0 bridgehead atoms. The van der Waals surface area contributed by atoms with Gasteiger partial charge in [-0.2, -0.15) is 0 Å². The number of ether oxygens (including phenoxy) is 1. The average Bonchev–Trinajstić information content (AvgIpc) is 2.21. The van der Waals surface area contributed by atoms with Crippen molar-refractivity contribution in [3.8, 4) is 0 Å². The predicted molar refractivity (Wildman–Crippen MR) is 59.2 cm³/mol. The Morgan fingerprint density at radius 3 is 2.53 bits per heavy atom. The largest absolute Gasteiger partial charge is 0.508 e. The summed E-state index contributed by atoms with van der Waals surface area (Å²) in [6, 6.07) is 0. The maximum atomic E-state index is 11.3. The minimum Gasteiger partial charge on any atom is -0.508 e. The number of Topliss-reactive ketones (excluding diaryl/α,β-unsaturated/α-hetero) is 1. The van der Waals surface area contributed by atoms with Crippen LogP contribution in [-0.2, 0) is 14.3 Å². The van der Waals surface area contributed by atoms with Crippen molar-refractivity contribution in [3.63, 3.8) is 0 Å². The molecule has 0 heterocycles. The second-order valence-corrected chi connectivity index (χ2v) is 3.45. The van der Waals surface area contributed by atoms with Crippen molar-refractivity contribution in [2.24, 2.45) is 0 Å². The molecule has 0 saturated heterocycles. The fourth-order valence-electron chi connectivity index (χ4n) is 1.56. The molecule has 92 valence electrons. The van der Waals surface area contributed by atoms with Crippen LogP contribution in [0.3, 0.4) is 0 Å². The highest BCUT2D eigenvalue weighted by Crippen LogP contribution is 2.23. The summed E-state index contributed by atoms with van der Waals surface area (Å²) < 4.78 is 5.11. The highest BCUT2D eigenvalue weighted by Gasteiger charge is 2.32. The van der Waals surface area contributed by atoms with E-state index in [0.717, 1.165) is 13.0 Å². The van der Waals surface area contributed by atoms with E-state index >= 15 is 0 Å². The first-order valence-corrected chi connectivity index (χ1v) is 5.00. The molecule has 1 aliphatic rings. The molecule has 6 heteroatoms. The van der Waals surface area contributed by atoms with Crippen LogP contribution < -0.4 is 0 Å². The zero-order valence-electron chi connectivity index (χ0n) is 9.48. The lowest BCUT2D eigenvalue weighted by Gasteiger charge is -2.22. The fourth-order valence-corrected chi connectivity index (χ4v) is 1.56. The van der Waals surface area contributed by atoms with Gasteiger partial charge in [0, 0.05) is 6.61 Å². The van der Waals surface area contributed by atoms with E-state index in [-0.39, 0.29) is 17.8 Å². The number of carbonyl (C=O) groups excluding carboxylic acids is 1. The number of allylic oxidation sites excluding steroid dienone is 1. The topological polar surface area (TPSA) is 108 Å². The molecule has 1 atom stereocenters. The second-order valence-electron chi connectivity index (χ2n) is 3.45. The number of carbonyl (C=O) groups is 2. The van der Waals surface area contributed by atoms with Crippen LogP contribution >= 0.6 is 0 Å². The average molecular weight is 239 g/mol.